The van der Waals surface area contributed by atoms with Crippen molar-refractivity contribution in [3.05, 3.63) is 27.7 Å². The number of aromatic nitrogens is 1. The minimum atomic E-state index is -0.214. The van der Waals surface area contributed by atoms with E-state index in [2.05, 4.69) is 10.3 Å². The fourth-order valence-corrected chi connectivity index (χ4v) is 3.42. The van der Waals surface area contributed by atoms with E-state index in [1.165, 1.54) is 32.7 Å². The van der Waals surface area contributed by atoms with Gasteiger partial charge in [-0.15, -0.1) is 11.3 Å². The van der Waals surface area contributed by atoms with Crippen LogP contribution in [0.4, 0.5) is 5.69 Å². The number of amides is 1. The molecule has 0 saturated heterocycles. The molecule has 0 saturated carbocycles. The summed E-state index contributed by atoms with van der Waals surface area (Å²) in [4.78, 5) is 19.7. The molecule has 0 unspecified atom stereocenters. The van der Waals surface area contributed by atoms with Crippen molar-refractivity contribution >= 4 is 22.9 Å². The zero-order chi connectivity index (χ0) is 18.6. The van der Waals surface area contributed by atoms with E-state index >= 15 is 0 Å². The zero-order valence-corrected chi connectivity index (χ0v) is 16.1. The molecule has 2 aromatic rings. The Morgan fingerprint density at radius 2 is 1.76 bits per heavy atom. The summed E-state index contributed by atoms with van der Waals surface area (Å²) < 4.78 is 15.9. The molecule has 25 heavy (non-hydrogen) atoms. The monoisotopic (exact) mass is 365 g/mol. The fourth-order valence-electron chi connectivity index (χ4n) is 2.34. The summed E-state index contributed by atoms with van der Waals surface area (Å²) in [6.07, 6.45) is 0. The van der Waals surface area contributed by atoms with Crippen molar-refractivity contribution in [2.75, 3.05) is 40.7 Å². The highest BCUT2D eigenvalue weighted by Gasteiger charge is 2.18. The smallest absolute Gasteiger partial charge is 0.267 e. The topological polar surface area (TPSA) is 72.9 Å². The maximum absolute atomic E-state index is 12.6. The lowest BCUT2D eigenvalue weighted by Crippen LogP contribution is -2.12. The molecule has 1 aromatic heterocycles. The van der Waals surface area contributed by atoms with Gasteiger partial charge >= 0.3 is 0 Å². The van der Waals surface area contributed by atoms with Crippen molar-refractivity contribution in [3.8, 4) is 17.2 Å². The predicted octanol–water partition coefficient (Wildman–Crippen LogP) is 2.79. The molecule has 0 atom stereocenters. The number of methoxy groups -OCH3 is 3. The van der Waals surface area contributed by atoms with Crippen LogP contribution in [-0.2, 0) is 6.54 Å². The number of carbonyl (C=O) groups excluding carboxylic acids is 1. The Hall–Kier alpha value is -2.32. The van der Waals surface area contributed by atoms with Gasteiger partial charge in [-0.25, -0.2) is 4.98 Å². The van der Waals surface area contributed by atoms with E-state index < -0.39 is 0 Å². The van der Waals surface area contributed by atoms with Crippen LogP contribution >= 0.6 is 11.3 Å². The van der Waals surface area contributed by atoms with E-state index in [1.54, 1.807) is 12.1 Å². The summed E-state index contributed by atoms with van der Waals surface area (Å²) in [6, 6.07) is 3.38. The van der Waals surface area contributed by atoms with Gasteiger partial charge in [-0.2, -0.15) is 0 Å². The molecule has 0 bridgehead atoms. The largest absolute Gasteiger partial charge is 0.493 e. The first-order chi connectivity index (χ1) is 11.9. The minimum absolute atomic E-state index is 0.214. The number of benzene rings is 1. The quantitative estimate of drug-likeness (QED) is 0.813. The van der Waals surface area contributed by atoms with Crippen LogP contribution in [0.5, 0.6) is 17.2 Å². The summed E-state index contributed by atoms with van der Waals surface area (Å²) in [5.74, 6) is 1.22. The number of nitrogens with zero attached hydrogens (tertiary/aromatic N) is 2. The summed E-state index contributed by atoms with van der Waals surface area (Å²) in [5.41, 5.74) is 1.27. The maximum atomic E-state index is 12.6. The van der Waals surface area contributed by atoms with Crippen molar-refractivity contribution < 1.29 is 19.0 Å². The molecular formula is C17H23N3O4S. The molecule has 8 heteroatoms. The summed E-state index contributed by atoms with van der Waals surface area (Å²) >= 11 is 1.39. The van der Waals surface area contributed by atoms with Crippen LogP contribution in [0.3, 0.4) is 0 Å². The maximum Gasteiger partial charge on any atom is 0.267 e. The van der Waals surface area contributed by atoms with Gasteiger partial charge in [0, 0.05) is 24.4 Å². The van der Waals surface area contributed by atoms with E-state index in [9.17, 15) is 4.79 Å². The van der Waals surface area contributed by atoms with Crippen LogP contribution in [0, 0.1) is 6.92 Å². The van der Waals surface area contributed by atoms with E-state index in [1.807, 2.05) is 25.9 Å². The van der Waals surface area contributed by atoms with Crippen molar-refractivity contribution in [3.63, 3.8) is 0 Å². The Kier molecular flexibility index (Phi) is 6.22. The SMILES string of the molecule is COc1cc(NC(=O)c2sc(CN(C)C)nc2C)cc(OC)c1OC. The summed E-state index contributed by atoms with van der Waals surface area (Å²) in [5, 5.41) is 3.77. The highest BCUT2D eigenvalue weighted by Crippen LogP contribution is 2.40. The molecule has 1 heterocycles. The van der Waals surface area contributed by atoms with Gasteiger partial charge in [-0.1, -0.05) is 0 Å². The Bertz CT molecular complexity index is 733. The first kappa shape index (κ1) is 19.0. The molecule has 7 nitrogen and oxygen atoms in total. The van der Waals surface area contributed by atoms with Gasteiger partial charge in [0.1, 0.15) is 9.88 Å². The van der Waals surface area contributed by atoms with E-state index in [0.717, 1.165) is 5.01 Å². The third-order valence-electron chi connectivity index (χ3n) is 3.42. The zero-order valence-electron chi connectivity index (χ0n) is 15.3. The molecule has 0 aliphatic heterocycles. The normalized spacial score (nSPS) is 10.7. The number of nitrogens with one attached hydrogen (secondary N) is 1. The average Bonchev–Trinajstić information content (AvgIpc) is 2.93. The summed E-state index contributed by atoms with van der Waals surface area (Å²) in [7, 11) is 8.53. The number of anilines is 1. The molecule has 1 amide bonds. The second-order valence-electron chi connectivity index (χ2n) is 5.63. The number of thiazole rings is 1. The van der Waals surface area contributed by atoms with Gasteiger partial charge in [0.05, 0.1) is 27.0 Å². The molecule has 0 aliphatic rings. The Balaban J connectivity index is 2.27. The van der Waals surface area contributed by atoms with Crippen molar-refractivity contribution in [1.82, 2.24) is 9.88 Å². The second-order valence-corrected chi connectivity index (χ2v) is 6.71. The lowest BCUT2D eigenvalue weighted by atomic mass is 10.2. The van der Waals surface area contributed by atoms with Gasteiger partial charge in [0.2, 0.25) is 5.75 Å². The van der Waals surface area contributed by atoms with Crippen LogP contribution in [-0.4, -0.2) is 51.2 Å². The van der Waals surface area contributed by atoms with Crippen LogP contribution in [0.15, 0.2) is 12.1 Å². The van der Waals surface area contributed by atoms with E-state index in [-0.39, 0.29) is 5.91 Å². The first-order valence-corrected chi connectivity index (χ1v) is 8.43. The van der Waals surface area contributed by atoms with Crippen molar-refractivity contribution in [2.45, 2.75) is 13.5 Å². The van der Waals surface area contributed by atoms with E-state index in [0.29, 0.717) is 40.1 Å². The molecular weight excluding hydrogens is 342 g/mol. The highest BCUT2D eigenvalue weighted by molar-refractivity contribution is 7.13. The highest BCUT2D eigenvalue weighted by atomic mass is 32.1. The molecule has 136 valence electrons. The molecule has 0 aliphatic carbocycles. The molecule has 0 spiro atoms. The molecule has 1 N–H and O–H groups in total. The third-order valence-corrected chi connectivity index (χ3v) is 4.56. The average molecular weight is 365 g/mol. The lowest BCUT2D eigenvalue weighted by Gasteiger charge is -2.14. The number of ether oxygens (including phenoxy) is 3. The van der Waals surface area contributed by atoms with Gasteiger partial charge in [-0.05, 0) is 21.0 Å². The Labute approximate surface area is 151 Å². The molecule has 0 radical (unpaired) electrons. The minimum Gasteiger partial charge on any atom is -0.493 e. The van der Waals surface area contributed by atoms with Crippen molar-refractivity contribution in [1.29, 1.82) is 0 Å². The Morgan fingerprint density at radius 3 is 2.24 bits per heavy atom. The molecule has 0 fully saturated rings. The third kappa shape index (κ3) is 4.40. The second kappa shape index (κ2) is 8.17. The predicted molar refractivity (Wildman–Crippen MR) is 98.3 cm³/mol. The molecule has 2 rings (SSSR count). The van der Waals surface area contributed by atoms with Gasteiger partial charge in [-0.3, -0.25) is 4.79 Å². The number of rotatable bonds is 7. The van der Waals surface area contributed by atoms with Gasteiger partial charge < -0.3 is 24.4 Å². The number of hydrogen-bond acceptors (Lipinski definition) is 7. The van der Waals surface area contributed by atoms with Gasteiger partial charge in [0.25, 0.3) is 5.91 Å². The van der Waals surface area contributed by atoms with Crippen molar-refractivity contribution in [2.24, 2.45) is 0 Å². The van der Waals surface area contributed by atoms with Crippen LogP contribution < -0.4 is 19.5 Å². The number of hydrogen-bond donors (Lipinski definition) is 1. The van der Waals surface area contributed by atoms with Crippen LogP contribution in [0.1, 0.15) is 20.4 Å². The summed E-state index contributed by atoms with van der Waals surface area (Å²) in [6.45, 7) is 2.53. The number of carbonyl (C=O) groups is 1. The van der Waals surface area contributed by atoms with Gasteiger partial charge in [0.15, 0.2) is 11.5 Å². The molecule has 1 aromatic carbocycles. The van der Waals surface area contributed by atoms with Crippen LogP contribution in [0.25, 0.3) is 0 Å². The fraction of sp³-hybridized carbons (Fsp3) is 0.412. The standard InChI is InChI=1S/C17H23N3O4S/c1-10-16(25-14(18-10)9-20(2)3)17(21)19-11-7-12(22-4)15(24-6)13(8-11)23-5/h7-8H,9H2,1-6H3,(H,19,21). The number of aryl methyl sites for hydroxylation is 1. The first-order valence-electron chi connectivity index (χ1n) is 7.62. The van der Waals surface area contributed by atoms with Crippen LogP contribution in [0.2, 0.25) is 0 Å². The van der Waals surface area contributed by atoms with E-state index in [4.69, 9.17) is 14.2 Å². The Morgan fingerprint density at radius 1 is 1.16 bits per heavy atom. The lowest BCUT2D eigenvalue weighted by molar-refractivity contribution is 0.103.